The second-order valence-electron chi connectivity index (χ2n) is 3.56. The highest BCUT2D eigenvalue weighted by Crippen LogP contribution is 2.16. The molecule has 1 aromatic rings. The van der Waals surface area contributed by atoms with E-state index in [-0.39, 0.29) is 0 Å². The predicted molar refractivity (Wildman–Crippen MR) is 67.5 cm³/mol. The van der Waals surface area contributed by atoms with Gasteiger partial charge < -0.3 is 5.32 Å². The Morgan fingerprint density at radius 2 is 2.00 bits per heavy atom. The van der Waals surface area contributed by atoms with Crippen LogP contribution in [-0.2, 0) is 5.75 Å². The van der Waals surface area contributed by atoms with Crippen molar-refractivity contribution in [1.29, 1.82) is 0 Å². The Hall–Kier alpha value is -0.770. The number of nitrogens with one attached hydrogen (secondary N) is 1. The first-order valence-electron chi connectivity index (χ1n) is 5.26. The fourth-order valence-electron chi connectivity index (χ4n) is 1.30. The van der Waals surface area contributed by atoms with E-state index in [4.69, 9.17) is 0 Å². The molecular formula is C11H19N3S. The van der Waals surface area contributed by atoms with Gasteiger partial charge in [-0.3, -0.25) is 0 Å². The molecule has 84 valence electrons. The van der Waals surface area contributed by atoms with Crippen LogP contribution in [0.15, 0.2) is 0 Å². The number of anilines is 1. The fourth-order valence-corrected chi connectivity index (χ4v) is 1.68. The molecule has 0 radical (unpaired) electrons. The van der Waals surface area contributed by atoms with Gasteiger partial charge >= 0.3 is 0 Å². The van der Waals surface area contributed by atoms with E-state index in [1.54, 1.807) is 11.8 Å². The van der Waals surface area contributed by atoms with Crippen LogP contribution < -0.4 is 5.32 Å². The van der Waals surface area contributed by atoms with Gasteiger partial charge in [-0.2, -0.15) is 11.8 Å². The normalized spacial score (nSPS) is 10.4. The number of hydrogen-bond acceptors (Lipinski definition) is 4. The van der Waals surface area contributed by atoms with E-state index in [9.17, 15) is 0 Å². The highest BCUT2D eigenvalue weighted by molar-refractivity contribution is 7.97. The maximum Gasteiger partial charge on any atom is 0.140 e. The Morgan fingerprint density at radius 1 is 1.27 bits per heavy atom. The lowest BCUT2D eigenvalue weighted by atomic mass is 10.2. The molecule has 0 aromatic carbocycles. The SMILES string of the molecule is CCCNc1nc(CSC)nc(C)c1C. The summed E-state index contributed by atoms with van der Waals surface area (Å²) in [6, 6.07) is 0. The van der Waals surface area contributed by atoms with E-state index in [0.717, 1.165) is 41.6 Å². The zero-order valence-electron chi connectivity index (χ0n) is 9.92. The van der Waals surface area contributed by atoms with Crippen molar-refractivity contribution in [2.75, 3.05) is 18.1 Å². The molecule has 0 fully saturated rings. The molecule has 0 aliphatic rings. The smallest absolute Gasteiger partial charge is 0.140 e. The number of thioether (sulfide) groups is 1. The summed E-state index contributed by atoms with van der Waals surface area (Å²) in [5, 5.41) is 3.34. The van der Waals surface area contributed by atoms with Crippen molar-refractivity contribution in [3.63, 3.8) is 0 Å². The standard InChI is InChI=1S/C11H19N3S/c1-5-6-12-11-8(2)9(3)13-10(14-11)7-15-4/h5-7H2,1-4H3,(H,12,13,14). The summed E-state index contributed by atoms with van der Waals surface area (Å²) in [6.07, 6.45) is 3.18. The molecule has 0 amide bonds. The van der Waals surface area contributed by atoms with Crippen molar-refractivity contribution in [3.05, 3.63) is 17.1 Å². The third kappa shape index (κ3) is 3.38. The van der Waals surface area contributed by atoms with Crippen LogP contribution >= 0.6 is 11.8 Å². The van der Waals surface area contributed by atoms with E-state index < -0.39 is 0 Å². The predicted octanol–water partition coefficient (Wildman–Crippen LogP) is 2.78. The van der Waals surface area contributed by atoms with E-state index in [1.807, 2.05) is 6.92 Å². The van der Waals surface area contributed by atoms with Gasteiger partial charge in [0.15, 0.2) is 0 Å². The summed E-state index contributed by atoms with van der Waals surface area (Å²) in [6.45, 7) is 7.23. The minimum Gasteiger partial charge on any atom is -0.370 e. The molecule has 0 aliphatic carbocycles. The van der Waals surface area contributed by atoms with Crippen LogP contribution in [0, 0.1) is 13.8 Å². The van der Waals surface area contributed by atoms with Crippen molar-refractivity contribution in [2.24, 2.45) is 0 Å². The van der Waals surface area contributed by atoms with Gasteiger partial charge in [-0.25, -0.2) is 9.97 Å². The molecule has 1 heterocycles. The Balaban J connectivity index is 2.91. The van der Waals surface area contributed by atoms with Crippen molar-refractivity contribution in [3.8, 4) is 0 Å². The van der Waals surface area contributed by atoms with Gasteiger partial charge in [-0.15, -0.1) is 0 Å². The summed E-state index contributed by atoms with van der Waals surface area (Å²) < 4.78 is 0. The number of hydrogen-bond donors (Lipinski definition) is 1. The van der Waals surface area contributed by atoms with Crippen molar-refractivity contribution < 1.29 is 0 Å². The van der Waals surface area contributed by atoms with Crippen LogP contribution in [0.4, 0.5) is 5.82 Å². The molecular weight excluding hydrogens is 206 g/mol. The molecule has 0 unspecified atom stereocenters. The molecule has 15 heavy (non-hydrogen) atoms. The molecule has 1 rings (SSSR count). The Kier molecular flexibility index (Phi) is 4.88. The zero-order valence-corrected chi connectivity index (χ0v) is 10.7. The largest absolute Gasteiger partial charge is 0.370 e. The molecule has 1 aromatic heterocycles. The van der Waals surface area contributed by atoms with E-state index in [0.29, 0.717) is 0 Å². The van der Waals surface area contributed by atoms with Crippen LogP contribution in [0.3, 0.4) is 0 Å². The van der Waals surface area contributed by atoms with Crippen LogP contribution in [0.5, 0.6) is 0 Å². The maximum absolute atomic E-state index is 4.52. The summed E-state index contributed by atoms with van der Waals surface area (Å²) in [4.78, 5) is 8.98. The molecule has 3 nitrogen and oxygen atoms in total. The second-order valence-corrected chi connectivity index (χ2v) is 4.42. The average molecular weight is 225 g/mol. The Morgan fingerprint density at radius 3 is 2.60 bits per heavy atom. The first-order valence-corrected chi connectivity index (χ1v) is 6.65. The molecule has 0 spiro atoms. The highest BCUT2D eigenvalue weighted by Gasteiger charge is 2.06. The second kappa shape index (κ2) is 5.95. The van der Waals surface area contributed by atoms with Crippen LogP contribution in [0.2, 0.25) is 0 Å². The molecule has 0 saturated carbocycles. The zero-order chi connectivity index (χ0) is 11.3. The molecule has 0 saturated heterocycles. The number of aryl methyl sites for hydroxylation is 1. The van der Waals surface area contributed by atoms with Crippen molar-refractivity contribution in [2.45, 2.75) is 32.9 Å². The lowest BCUT2D eigenvalue weighted by Crippen LogP contribution is -2.08. The van der Waals surface area contributed by atoms with Gasteiger partial charge in [0.1, 0.15) is 11.6 Å². The minimum absolute atomic E-state index is 0.877. The van der Waals surface area contributed by atoms with Crippen LogP contribution in [-0.4, -0.2) is 22.8 Å². The van der Waals surface area contributed by atoms with Gasteiger partial charge in [0.05, 0.1) is 5.75 Å². The van der Waals surface area contributed by atoms with E-state index in [2.05, 4.69) is 35.4 Å². The molecule has 1 N–H and O–H groups in total. The topological polar surface area (TPSA) is 37.8 Å². The Labute approximate surface area is 96.1 Å². The monoisotopic (exact) mass is 225 g/mol. The third-order valence-corrected chi connectivity index (χ3v) is 2.80. The summed E-state index contributed by atoms with van der Waals surface area (Å²) in [7, 11) is 0. The van der Waals surface area contributed by atoms with E-state index >= 15 is 0 Å². The highest BCUT2D eigenvalue weighted by atomic mass is 32.2. The quantitative estimate of drug-likeness (QED) is 0.836. The summed E-state index contributed by atoms with van der Waals surface area (Å²) in [5.41, 5.74) is 2.24. The van der Waals surface area contributed by atoms with Crippen molar-refractivity contribution >= 4 is 17.6 Å². The lowest BCUT2D eigenvalue weighted by Gasteiger charge is -2.11. The summed E-state index contributed by atoms with van der Waals surface area (Å²) >= 11 is 1.75. The molecule has 0 bridgehead atoms. The third-order valence-electron chi connectivity index (χ3n) is 2.25. The van der Waals surface area contributed by atoms with Crippen molar-refractivity contribution in [1.82, 2.24) is 9.97 Å². The maximum atomic E-state index is 4.52. The van der Waals surface area contributed by atoms with Crippen LogP contribution in [0.25, 0.3) is 0 Å². The van der Waals surface area contributed by atoms with Gasteiger partial charge in [0.2, 0.25) is 0 Å². The minimum atomic E-state index is 0.877. The van der Waals surface area contributed by atoms with E-state index in [1.165, 1.54) is 0 Å². The number of aromatic nitrogens is 2. The Bertz CT molecular complexity index is 326. The van der Waals surface area contributed by atoms with Gasteiger partial charge in [0, 0.05) is 17.8 Å². The fraction of sp³-hybridized carbons (Fsp3) is 0.636. The lowest BCUT2D eigenvalue weighted by molar-refractivity contribution is 0.928. The molecule has 0 aliphatic heterocycles. The van der Waals surface area contributed by atoms with Gasteiger partial charge in [-0.05, 0) is 26.5 Å². The first kappa shape index (κ1) is 12.3. The number of nitrogens with zero attached hydrogens (tertiary/aromatic N) is 2. The van der Waals surface area contributed by atoms with Crippen LogP contribution in [0.1, 0.15) is 30.4 Å². The summed E-state index contributed by atoms with van der Waals surface area (Å²) in [5.74, 6) is 2.79. The first-order chi connectivity index (χ1) is 7.19. The molecule has 4 heteroatoms. The number of rotatable bonds is 5. The average Bonchev–Trinajstić information content (AvgIpc) is 2.21. The van der Waals surface area contributed by atoms with Gasteiger partial charge in [-0.1, -0.05) is 6.92 Å². The van der Waals surface area contributed by atoms with Gasteiger partial charge in [0.25, 0.3) is 0 Å². The molecule has 0 atom stereocenters.